The van der Waals surface area contributed by atoms with Gasteiger partial charge < -0.3 is 14.8 Å². The van der Waals surface area contributed by atoms with E-state index in [-0.39, 0.29) is 11.9 Å². The fraction of sp³-hybridized carbons (Fsp3) is 0.160. The topological polar surface area (TPSA) is 47.6 Å². The molecular formula is C25H25NO3. The number of ether oxygens (including phenoxy) is 2. The zero-order valence-electron chi connectivity index (χ0n) is 16.9. The molecule has 148 valence electrons. The van der Waals surface area contributed by atoms with Gasteiger partial charge in [-0.15, -0.1) is 0 Å². The van der Waals surface area contributed by atoms with Crippen molar-refractivity contribution >= 4 is 17.6 Å². The smallest absolute Gasteiger partial charge is 0.252 e. The maximum atomic E-state index is 13.2. The zero-order chi connectivity index (χ0) is 20.6. The van der Waals surface area contributed by atoms with Crippen LogP contribution in [0.3, 0.4) is 0 Å². The minimum Gasteiger partial charge on any atom is -0.497 e. The van der Waals surface area contributed by atoms with Crippen molar-refractivity contribution < 1.29 is 14.3 Å². The number of carbonyl (C=O) groups excluding carboxylic acids is 1. The van der Waals surface area contributed by atoms with Crippen LogP contribution in [0.15, 0.2) is 78.9 Å². The number of benzene rings is 3. The first-order valence-corrected chi connectivity index (χ1v) is 9.47. The van der Waals surface area contributed by atoms with Crippen LogP contribution in [0.2, 0.25) is 0 Å². The lowest BCUT2D eigenvalue weighted by molar-refractivity contribution is -0.116. The molecule has 1 unspecified atom stereocenters. The first-order valence-electron chi connectivity index (χ1n) is 9.47. The third-order valence-corrected chi connectivity index (χ3v) is 4.69. The van der Waals surface area contributed by atoms with E-state index >= 15 is 0 Å². The fourth-order valence-electron chi connectivity index (χ4n) is 3.14. The molecule has 1 amide bonds. The highest BCUT2D eigenvalue weighted by molar-refractivity contribution is 6.24. The molecular weight excluding hydrogens is 362 g/mol. The average molecular weight is 387 g/mol. The van der Waals surface area contributed by atoms with Gasteiger partial charge in [0, 0.05) is 11.1 Å². The summed E-state index contributed by atoms with van der Waals surface area (Å²) >= 11 is 0. The van der Waals surface area contributed by atoms with Crippen LogP contribution in [0.5, 0.6) is 11.5 Å². The molecule has 1 atom stereocenters. The largest absolute Gasteiger partial charge is 0.497 e. The molecule has 0 aromatic heterocycles. The Morgan fingerprint density at radius 1 is 0.897 bits per heavy atom. The molecule has 1 N–H and O–H groups in total. The van der Waals surface area contributed by atoms with Crippen LogP contribution in [0.25, 0.3) is 11.6 Å². The molecule has 3 aromatic rings. The van der Waals surface area contributed by atoms with E-state index in [9.17, 15) is 4.79 Å². The van der Waals surface area contributed by atoms with Gasteiger partial charge in [0.15, 0.2) is 0 Å². The summed E-state index contributed by atoms with van der Waals surface area (Å²) in [5, 5.41) is 3.10. The van der Waals surface area contributed by atoms with Gasteiger partial charge in [-0.2, -0.15) is 0 Å². The van der Waals surface area contributed by atoms with Crippen LogP contribution < -0.4 is 14.8 Å². The van der Waals surface area contributed by atoms with Gasteiger partial charge in [-0.1, -0.05) is 60.7 Å². The molecule has 3 aromatic carbocycles. The van der Waals surface area contributed by atoms with Crippen molar-refractivity contribution in [1.82, 2.24) is 5.32 Å². The minimum absolute atomic E-state index is 0.155. The molecule has 29 heavy (non-hydrogen) atoms. The predicted molar refractivity (Wildman–Crippen MR) is 117 cm³/mol. The number of hydrogen-bond donors (Lipinski definition) is 1. The molecule has 3 rings (SSSR count). The van der Waals surface area contributed by atoms with Crippen molar-refractivity contribution in [1.29, 1.82) is 0 Å². The molecule has 0 aliphatic heterocycles. The molecule has 4 nitrogen and oxygen atoms in total. The minimum atomic E-state index is -0.268. The van der Waals surface area contributed by atoms with E-state index in [1.807, 2.05) is 91.9 Å². The maximum Gasteiger partial charge on any atom is 0.252 e. The molecule has 0 saturated carbocycles. The third kappa shape index (κ3) is 5.05. The van der Waals surface area contributed by atoms with Gasteiger partial charge in [0.2, 0.25) is 0 Å². The molecule has 0 bridgehead atoms. The van der Waals surface area contributed by atoms with Gasteiger partial charge in [0.25, 0.3) is 5.91 Å². The van der Waals surface area contributed by atoms with E-state index < -0.39 is 0 Å². The number of amides is 1. The van der Waals surface area contributed by atoms with Crippen LogP contribution in [0, 0.1) is 0 Å². The van der Waals surface area contributed by atoms with Crippen LogP contribution in [0.1, 0.15) is 29.7 Å². The van der Waals surface area contributed by atoms with Gasteiger partial charge in [-0.3, -0.25) is 4.79 Å². The number of carbonyl (C=O) groups is 1. The standard InChI is InChI=1S/C25H25NO3/c1-18(22-17-21(28-2)14-15-24(22)29-3)26-25(27)23(20-12-8-5-9-13-20)16-19-10-6-4-7-11-19/h4-18H,1-3H3,(H,26,27)/b23-16+. The molecule has 0 radical (unpaired) electrons. The lowest BCUT2D eigenvalue weighted by Crippen LogP contribution is -2.27. The maximum absolute atomic E-state index is 13.2. The Hall–Kier alpha value is -3.53. The summed E-state index contributed by atoms with van der Waals surface area (Å²) in [5.41, 5.74) is 3.28. The Morgan fingerprint density at radius 2 is 1.55 bits per heavy atom. The lowest BCUT2D eigenvalue weighted by Gasteiger charge is -2.19. The third-order valence-electron chi connectivity index (χ3n) is 4.69. The second kappa shape index (κ2) is 9.60. The first-order chi connectivity index (χ1) is 14.1. The SMILES string of the molecule is COc1ccc(OC)c(C(C)NC(=O)/C(=C/c2ccccc2)c2ccccc2)c1. The predicted octanol–water partition coefficient (Wildman–Crippen LogP) is 5.12. The monoisotopic (exact) mass is 387 g/mol. The van der Waals surface area contributed by atoms with E-state index in [1.165, 1.54) is 0 Å². The van der Waals surface area contributed by atoms with Gasteiger partial charge in [-0.25, -0.2) is 0 Å². The highest BCUT2D eigenvalue weighted by Crippen LogP contribution is 2.30. The number of nitrogens with one attached hydrogen (secondary N) is 1. The van der Waals surface area contributed by atoms with Gasteiger partial charge in [-0.05, 0) is 42.3 Å². The number of hydrogen-bond acceptors (Lipinski definition) is 3. The van der Waals surface area contributed by atoms with Crippen LogP contribution >= 0.6 is 0 Å². The van der Waals surface area contributed by atoms with Crippen molar-refractivity contribution in [2.45, 2.75) is 13.0 Å². The molecule has 0 heterocycles. The first kappa shape index (κ1) is 20.2. The lowest BCUT2D eigenvalue weighted by atomic mass is 10.0. The van der Waals surface area contributed by atoms with E-state index in [0.717, 1.165) is 16.7 Å². The highest BCUT2D eigenvalue weighted by atomic mass is 16.5. The molecule has 0 spiro atoms. The van der Waals surface area contributed by atoms with Crippen molar-refractivity contribution in [3.63, 3.8) is 0 Å². The Bertz CT molecular complexity index is 981. The number of rotatable bonds is 7. The van der Waals surface area contributed by atoms with Crippen molar-refractivity contribution in [3.8, 4) is 11.5 Å². The fourth-order valence-corrected chi connectivity index (χ4v) is 3.14. The van der Waals surface area contributed by atoms with Gasteiger partial charge in [0.1, 0.15) is 11.5 Å². The van der Waals surface area contributed by atoms with Gasteiger partial charge >= 0.3 is 0 Å². The summed E-state index contributed by atoms with van der Waals surface area (Å²) in [6.45, 7) is 1.93. The summed E-state index contributed by atoms with van der Waals surface area (Å²) in [6.07, 6.45) is 1.90. The van der Waals surface area contributed by atoms with Crippen LogP contribution in [0.4, 0.5) is 0 Å². The second-order valence-corrected chi connectivity index (χ2v) is 6.64. The summed E-state index contributed by atoms with van der Waals surface area (Å²) in [4.78, 5) is 13.2. The molecule has 0 aliphatic rings. The molecule has 4 heteroatoms. The Kier molecular flexibility index (Phi) is 6.69. The van der Waals surface area contributed by atoms with Crippen LogP contribution in [-0.4, -0.2) is 20.1 Å². The Morgan fingerprint density at radius 3 is 2.17 bits per heavy atom. The van der Waals surface area contributed by atoms with Gasteiger partial charge in [0.05, 0.1) is 20.3 Å². The highest BCUT2D eigenvalue weighted by Gasteiger charge is 2.18. The quantitative estimate of drug-likeness (QED) is 0.452. The zero-order valence-corrected chi connectivity index (χ0v) is 16.9. The molecule has 0 fully saturated rings. The van der Waals surface area contributed by atoms with Crippen molar-refractivity contribution in [2.24, 2.45) is 0 Å². The summed E-state index contributed by atoms with van der Waals surface area (Å²) < 4.78 is 10.8. The van der Waals surface area contributed by atoms with Crippen molar-refractivity contribution in [3.05, 3.63) is 95.6 Å². The van der Waals surface area contributed by atoms with Crippen molar-refractivity contribution in [2.75, 3.05) is 14.2 Å². The van der Waals surface area contributed by atoms with Crippen LogP contribution in [-0.2, 0) is 4.79 Å². The second-order valence-electron chi connectivity index (χ2n) is 6.64. The Labute approximate surface area is 171 Å². The summed E-state index contributed by atoms with van der Waals surface area (Å²) in [6, 6.07) is 24.8. The molecule has 0 saturated heterocycles. The average Bonchev–Trinajstić information content (AvgIpc) is 2.78. The Balaban J connectivity index is 1.92. The van der Waals surface area contributed by atoms with E-state index in [2.05, 4.69) is 5.32 Å². The van der Waals surface area contributed by atoms with E-state index in [4.69, 9.17) is 9.47 Å². The van der Waals surface area contributed by atoms with E-state index in [0.29, 0.717) is 17.1 Å². The summed E-state index contributed by atoms with van der Waals surface area (Å²) in [5.74, 6) is 1.26. The van der Waals surface area contributed by atoms with E-state index in [1.54, 1.807) is 14.2 Å². The number of methoxy groups -OCH3 is 2. The molecule has 0 aliphatic carbocycles. The normalized spacial score (nSPS) is 12.2. The summed E-state index contributed by atoms with van der Waals surface area (Å²) in [7, 11) is 3.23.